The Kier molecular flexibility index (Phi) is 8.95. The van der Waals surface area contributed by atoms with E-state index in [-0.39, 0.29) is 0 Å². The van der Waals surface area contributed by atoms with Crippen LogP contribution < -0.4 is 22.0 Å². The van der Waals surface area contributed by atoms with Crippen LogP contribution in [0.25, 0.3) is 74.3 Å². The Morgan fingerprint density at radius 1 is 0.355 bits per heavy atom. The summed E-state index contributed by atoms with van der Waals surface area (Å²) in [5, 5.41) is 8.03. The van der Waals surface area contributed by atoms with E-state index in [4.69, 9.17) is 0 Å². The van der Waals surface area contributed by atoms with Crippen molar-refractivity contribution < 1.29 is 0 Å². The number of hydrogen-bond acceptors (Lipinski definition) is 0. The van der Waals surface area contributed by atoms with Crippen LogP contribution in [0.15, 0.2) is 212 Å². The quantitative estimate of drug-likeness (QED) is 0.141. The van der Waals surface area contributed by atoms with Crippen molar-refractivity contribution in [3.8, 4) is 11.4 Å². The fourth-order valence-electron chi connectivity index (χ4n) is 10.5. The van der Waals surface area contributed by atoms with Crippen molar-refractivity contribution in [1.82, 2.24) is 9.13 Å². The van der Waals surface area contributed by atoms with E-state index in [2.05, 4.69) is 239 Å². The molecule has 0 saturated carbocycles. The van der Waals surface area contributed by atoms with E-state index in [1.165, 1.54) is 87.6 Å². The molecule has 0 aliphatic heterocycles. The zero-order chi connectivity index (χ0) is 41.6. The van der Waals surface area contributed by atoms with Gasteiger partial charge in [-0.25, -0.2) is 0 Å². The summed E-state index contributed by atoms with van der Waals surface area (Å²) in [5.74, 6) is 7.59. The van der Waals surface area contributed by atoms with Gasteiger partial charge in [-0.1, -0.05) is 0 Å². The number of aromatic nitrogens is 2. The number of para-hydroxylation sites is 2. The zero-order valence-electron chi connectivity index (χ0n) is 35.0. The van der Waals surface area contributed by atoms with E-state index < -0.39 is 26.5 Å². The molecule has 0 spiro atoms. The molecule has 0 bridgehead atoms. The van der Waals surface area contributed by atoms with Gasteiger partial charge in [-0.2, -0.15) is 0 Å². The fourth-order valence-corrected chi connectivity index (χ4v) is 29.7. The van der Waals surface area contributed by atoms with Crippen LogP contribution in [0, 0.1) is 0 Å². The van der Waals surface area contributed by atoms with Crippen LogP contribution in [-0.2, 0) is 0 Å². The number of benzene rings is 9. The number of rotatable bonds is 7. The number of nitrogens with zero attached hydrogens (tertiary/aromatic N) is 2. The van der Waals surface area contributed by atoms with Crippen LogP contribution >= 0.6 is 0 Å². The van der Waals surface area contributed by atoms with Crippen molar-refractivity contribution in [2.45, 2.75) is 17.3 Å². The Hall–Kier alpha value is -5.81. The van der Waals surface area contributed by atoms with Crippen molar-refractivity contribution >= 4 is 126 Å². The van der Waals surface area contributed by atoms with Crippen molar-refractivity contribution in [2.24, 2.45) is 0 Å². The molecule has 12 aromatic rings. The first-order valence-corrected chi connectivity index (χ1v) is 34.9. The topological polar surface area (TPSA) is 9.86 Å². The third kappa shape index (κ3) is 5.69. The van der Waals surface area contributed by atoms with Gasteiger partial charge in [0.05, 0.1) is 0 Å². The molecular formula is C57H44Ge2N2Se. The summed E-state index contributed by atoms with van der Waals surface area (Å²) in [6.45, 7) is 0. The van der Waals surface area contributed by atoms with Crippen molar-refractivity contribution in [3.05, 3.63) is 212 Å². The Balaban J connectivity index is 1.12. The van der Waals surface area contributed by atoms with Crippen molar-refractivity contribution in [1.29, 1.82) is 0 Å². The van der Waals surface area contributed by atoms with Gasteiger partial charge in [0, 0.05) is 0 Å². The van der Waals surface area contributed by atoms with Gasteiger partial charge in [-0.05, 0) is 0 Å². The maximum atomic E-state index is 2.53. The van der Waals surface area contributed by atoms with E-state index in [9.17, 15) is 0 Å². The second-order valence-electron chi connectivity index (χ2n) is 17.7. The minimum atomic E-state index is -3.52. The summed E-state index contributed by atoms with van der Waals surface area (Å²) >= 11 is -5.23. The summed E-state index contributed by atoms with van der Waals surface area (Å²) in [4.78, 5) is 0. The minimum absolute atomic E-state index is 0.330. The van der Waals surface area contributed by atoms with Crippen LogP contribution in [0.5, 0.6) is 0 Å². The van der Waals surface area contributed by atoms with Crippen LogP contribution in [0.3, 0.4) is 0 Å². The second-order valence-corrected chi connectivity index (χ2v) is 38.4. The first kappa shape index (κ1) is 37.9. The Labute approximate surface area is 373 Å². The molecule has 3 heterocycles. The normalized spacial score (nSPS) is 12.4. The maximum absolute atomic E-state index is 3.52. The van der Waals surface area contributed by atoms with Gasteiger partial charge in [-0.3, -0.25) is 0 Å². The van der Waals surface area contributed by atoms with Crippen LogP contribution in [-0.4, -0.2) is 50.2 Å². The number of fused-ring (bicyclic) bond motifs is 10. The van der Waals surface area contributed by atoms with Crippen molar-refractivity contribution in [2.75, 3.05) is 0 Å². The summed E-state index contributed by atoms with van der Waals surface area (Å²) in [5.41, 5.74) is 7.33. The molecule has 0 N–H and O–H groups in total. The molecule has 0 unspecified atom stereocenters. The van der Waals surface area contributed by atoms with Crippen molar-refractivity contribution in [3.63, 3.8) is 0 Å². The SMILES string of the molecule is [CH3][Ge]([CH3])([CH3])[c]1cccc2c1[se]c1ccc(-n3c4ccccc4c4c5c6ccccc6n(-c6ccc[c]([Ge]([c]7ccccc7)([c]7ccccc7)[c]7ccccc7)c6)c5ccc43)cc12. The molecule has 3 aromatic heterocycles. The van der Waals surface area contributed by atoms with Crippen LogP contribution in [0.4, 0.5) is 0 Å². The van der Waals surface area contributed by atoms with Gasteiger partial charge in [0.15, 0.2) is 0 Å². The Morgan fingerprint density at radius 3 is 1.37 bits per heavy atom. The fraction of sp³-hybridized carbons (Fsp3) is 0.0526. The number of hydrogen-bond donors (Lipinski definition) is 0. The first-order valence-electron chi connectivity index (χ1n) is 21.6. The molecule has 0 aliphatic carbocycles. The predicted octanol–water partition coefficient (Wildman–Crippen LogP) is 11.2. The third-order valence-electron chi connectivity index (χ3n) is 13.2. The zero-order valence-corrected chi connectivity index (χ0v) is 40.9. The van der Waals surface area contributed by atoms with E-state index in [1.54, 1.807) is 8.66 Å². The average molecular weight is 981 g/mol. The molecule has 2 nitrogen and oxygen atoms in total. The van der Waals surface area contributed by atoms with E-state index in [0.717, 1.165) is 0 Å². The molecule has 0 saturated heterocycles. The molecule has 5 heteroatoms. The molecule has 0 atom stereocenters. The molecule has 0 aliphatic rings. The molecule has 296 valence electrons. The Morgan fingerprint density at radius 2 is 0.823 bits per heavy atom. The monoisotopic (exact) mass is 984 g/mol. The summed E-state index contributed by atoms with van der Waals surface area (Å²) < 4.78 is 15.5. The van der Waals surface area contributed by atoms with E-state index in [0.29, 0.717) is 14.5 Å². The van der Waals surface area contributed by atoms with Gasteiger partial charge >= 0.3 is 376 Å². The molecule has 0 radical (unpaired) electrons. The molecule has 12 rings (SSSR count). The van der Waals surface area contributed by atoms with E-state index >= 15 is 0 Å². The average Bonchev–Trinajstić information content (AvgIpc) is 3.97. The van der Waals surface area contributed by atoms with Gasteiger partial charge in [0.2, 0.25) is 0 Å². The van der Waals surface area contributed by atoms with E-state index in [1.807, 2.05) is 0 Å². The summed E-state index contributed by atoms with van der Waals surface area (Å²) in [6, 6.07) is 80.7. The second kappa shape index (κ2) is 14.6. The van der Waals surface area contributed by atoms with Gasteiger partial charge in [0.1, 0.15) is 0 Å². The van der Waals surface area contributed by atoms with Crippen LogP contribution in [0.2, 0.25) is 17.3 Å². The standard InChI is InChI=1S/C57H44Ge2N2Se/c1-58(2,3)49-30-18-29-45-48-38-44(33-36-54(48)62-57(45)49)61-51-32-16-14-28-47(51)56-53(61)35-34-52-55(56)46-27-13-15-31-50(46)60(52)43-26-17-25-42(37-43)59(39-19-7-4-8-20-39,40-21-9-5-10-22-40)41-23-11-6-12-24-41/h4-38H,1-3H3. The van der Waals surface area contributed by atoms with Gasteiger partial charge in [0.25, 0.3) is 0 Å². The summed E-state index contributed by atoms with van der Waals surface area (Å²) in [7, 11) is 0. The first-order chi connectivity index (χ1) is 30.4. The molecule has 9 aromatic carbocycles. The van der Waals surface area contributed by atoms with Gasteiger partial charge < -0.3 is 0 Å². The molecule has 62 heavy (non-hydrogen) atoms. The summed E-state index contributed by atoms with van der Waals surface area (Å²) in [6.07, 6.45) is 0. The third-order valence-corrected chi connectivity index (χ3v) is 30.9. The van der Waals surface area contributed by atoms with Crippen LogP contribution in [0.1, 0.15) is 0 Å². The Bertz CT molecular complexity index is 3570. The van der Waals surface area contributed by atoms with Gasteiger partial charge in [-0.15, -0.1) is 0 Å². The molecular weight excluding hydrogens is 937 g/mol. The predicted molar refractivity (Wildman–Crippen MR) is 274 cm³/mol. The molecule has 0 amide bonds. The molecule has 0 fully saturated rings.